The lowest BCUT2D eigenvalue weighted by molar-refractivity contribution is 0.0697. The first-order valence-electron chi connectivity index (χ1n) is 6.72. The van der Waals surface area contributed by atoms with Crippen LogP contribution in [0.5, 0.6) is 0 Å². The van der Waals surface area contributed by atoms with Crippen molar-refractivity contribution in [2.45, 2.75) is 32.2 Å². The maximum absolute atomic E-state index is 11.5. The third kappa shape index (κ3) is 2.04. The smallest absolute Gasteiger partial charge is 0.338 e. The van der Waals surface area contributed by atoms with Crippen molar-refractivity contribution < 1.29 is 9.90 Å². The highest BCUT2D eigenvalue weighted by Gasteiger charge is 2.24. The van der Waals surface area contributed by atoms with Crippen molar-refractivity contribution in [1.82, 2.24) is 14.6 Å². The predicted octanol–water partition coefficient (Wildman–Crippen LogP) is 1.39. The number of pyridine rings is 1. The van der Waals surface area contributed by atoms with Gasteiger partial charge in [-0.15, -0.1) is 5.10 Å². The van der Waals surface area contributed by atoms with E-state index in [2.05, 4.69) is 21.9 Å². The largest absolute Gasteiger partial charge is 0.478 e. The quantitative estimate of drug-likeness (QED) is 0.859. The zero-order chi connectivity index (χ0) is 14.3. The molecule has 20 heavy (non-hydrogen) atoms. The zero-order valence-electron chi connectivity index (χ0n) is 11.3. The molecule has 3 rings (SSSR count). The van der Waals surface area contributed by atoms with E-state index >= 15 is 0 Å². The highest BCUT2D eigenvalue weighted by atomic mass is 16.4. The van der Waals surface area contributed by atoms with Crippen LogP contribution in [0.25, 0.3) is 5.65 Å². The molecule has 106 valence electrons. The van der Waals surface area contributed by atoms with Crippen LogP contribution in [0.15, 0.2) is 12.3 Å². The van der Waals surface area contributed by atoms with Gasteiger partial charge in [0.05, 0.1) is 17.4 Å². The van der Waals surface area contributed by atoms with E-state index in [4.69, 9.17) is 5.73 Å². The number of carboxylic acids is 1. The molecule has 0 spiro atoms. The molecule has 2 aromatic rings. The summed E-state index contributed by atoms with van der Waals surface area (Å²) in [5.74, 6) is -0.813. The van der Waals surface area contributed by atoms with Crippen LogP contribution in [-0.2, 0) is 0 Å². The fourth-order valence-corrected chi connectivity index (χ4v) is 2.79. The Labute approximate surface area is 116 Å². The summed E-state index contributed by atoms with van der Waals surface area (Å²) in [5.41, 5.74) is 6.95. The van der Waals surface area contributed by atoms with E-state index in [9.17, 15) is 9.90 Å². The molecule has 0 saturated carbocycles. The number of aromatic carboxylic acids is 1. The number of piperidine rings is 1. The monoisotopic (exact) mass is 275 g/mol. The highest BCUT2D eigenvalue weighted by molar-refractivity contribution is 5.95. The fraction of sp³-hybridized carbons (Fsp3) is 0.462. The lowest BCUT2D eigenvalue weighted by Gasteiger charge is -2.36. The molecule has 0 amide bonds. The van der Waals surface area contributed by atoms with Crippen molar-refractivity contribution in [3.8, 4) is 0 Å². The Morgan fingerprint density at radius 1 is 1.50 bits per heavy atom. The summed E-state index contributed by atoms with van der Waals surface area (Å²) in [7, 11) is 0. The molecule has 1 unspecified atom stereocenters. The van der Waals surface area contributed by atoms with Crippen LogP contribution in [0.1, 0.15) is 36.5 Å². The second kappa shape index (κ2) is 4.66. The average molecular weight is 275 g/mol. The van der Waals surface area contributed by atoms with Crippen molar-refractivity contribution in [3.63, 3.8) is 0 Å². The van der Waals surface area contributed by atoms with Gasteiger partial charge in [0.2, 0.25) is 5.95 Å². The molecule has 7 nitrogen and oxygen atoms in total. The number of hydrogen-bond acceptors (Lipinski definition) is 5. The summed E-state index contributed by atoms with van der Waals surface area (Å²) in [6, 6.07) is 1.85. The molecule has 1 fully saturated rings. The molecule has 3 N–H and O–H groups in total. The number of fused-ring (bicyclic) bond motifs is 1. The molecule has 2 aromatic heterocycles. The van der Waals surface area contributed by atoms with Crippen LogP contribution >= 0.6 is 0 Å². The molecule has 1 aliphatic rings. The van der Waals surface area contributed by atoms with Crippen LogP contribution < -0.4 is 10.6 Å². The third-order valence-electron chi connectivity index (χ3n) is 3.81. The molecule has 0 aliphatic carbocycles. The van der Waals surface area contributed by atoms with Gasteiger partial charge in [-0.3, -0.25) is 0 Å². The zero-order valence-corrected chi connectivity index (χ0v) is 11.3. The number of nitrogens with zero attached hydrogens (tertiary/aromatic N) is 4. The van der Waals surface area contributed by atoms with Gasteiger partial charge in [-0.2, -0.15) is 4.98 Å². The van der Waals surface area contributed by atoms with Crippen molar-refractivity contribution >= 4 is 23.3 Å². The van der Waals surface area contributed by atoms with Crippen molar-refractivity contribution in [2.24, 2.45) is 0 Å². The van der Waals surface area contributed by atoms with Gasteiger partial charge < -0.3 is 15.7 Å². The first-order chi connectivity index (χ1) is 9.56. The Morgan fingerprint density at radius 2 is 2.30 bits per heavy atom. The van der Waals surface area contributed by atoms with Crippen molar-refractivity contribution in [1.29, 1.82) is 0 Å². The Bertz CT molecular complexity index is 666. The lowest BCUT2D eigenvalue weighted by Crippen LogP contribution is -2.38. The van der Waals surface area contributed by atoms with Gasteiger partial charge in [-0.25, -0.2) is 9.31 Å². The van der Waals surface area contributed by atoms with E-state index in [0.29, 0.717) is 17.4 Å². The van der Waals surface area contributed by atoms with Crippen LogP contribution in [-0.4, -0.2) is 38.3 Å². The van der Waals surface area contributed by atoms with Gasteiger partial charge in [-0.05, 0) is 32.3 Å². The van der Waals surface area contributed by atoms with E-state index in [1.807, 2.05) is 0 Å². The minimum Gasteiger partial charge on any atom is -0.478 e. The van der Waals surface area contributed by atoms with Gasteiger partial charge in [0.1, 0.15) is 0 Å². The number of aromatic nitrogens is 3. The lowest BCUT2D eigenvalue weighted by atomic mass is 10.0. The van der Waals surface area contributed by atoms with Gasteiger partial charge in [0.25, 0.3) is 0 Å². The van der Waals surface area contributed by atoms with Crippen LogP contribution in [0.2, 0.25) is 0 Å². The summed E-state index contributed by atoms with van der Waals surface area (Å²) in [6.45, 7) is 2.97. The first kappa shape index (κ1) is 12.7. The molecule has 1 saturated heterocycles. The summed E-state index contributed by atoms with van der Waals surface area (Å²) >= 11 is 0. The fourth-order valence-electron chi connectivity index (χ4n) is 2.79. The number of nitrogens with two attached hydrogens (primary N) is 1. The van der Waals surface area contributed by atoms with Crippen LogP contribution in [0.4, 0.5) is 11.6 Å². The number of carbonyl (C=O) groups is 1. The Kier molecular flexibility index (Phi) is 2.96. The highest BCUT2D eigenvalue weighted by Crippen LogP contribution is 2.28. The van der Waals surface area contributed by atoms with E-state index in [1.165, 1.54) is 12.5 Å². The number of nitrogen functional groups attached to an aromatic ring is 1. The Balaban J connectivity index is 2.15. The Morgan fingerprint density at radius 3 is 3.00 bits per heavy atom. The molecule has 0 bridgehead atoms. The molecular weight excluding hydrogens is 258 g/mol. The second-order valence-electron chi connectivity index (χ2n) is 5.19. The van der Waals surface area contributed by atoms with Crippen molar-refractivity contribution in [2.75, 3.05) is 17.2 Å². The first-order valence-corrected chi connectivity index (χ1v) is 6.72. The minimum absolute atomic E-state index is 0.144. The number of carboxylic acid groups (broad SMARTS) is 1. The van der Waals surface area contributed by atoms with Crippen LogP contribution in [0.3, 0.4) is 0 Å². The maximum Gasteiger partial charge on any atom is 0.338 e. The van der Waals surface area contributed by atoms with Gasteiger partial charge in [0, 0.05) is 12.6 Å². The number of anilines is 2. The molecule has 1 aliphatic heterocycles. The molecular formula is C13H17N5O2. The molecule has 3 heterocycles. The molecule has 0 radical (unpaired) electrons. The summed E-state index contributed by atoms with van der Waals surface area (Å²) in [5, 5.41) is 13.5. The SMILES string of the molecule is CC1CCCCN1c1cn2nc(N)nc2cc1C(=O)O. The molecule has 1 atom stereocenters. The molecule has 0 aromatic carbocycles. The van der Waals surface area contributed by atoms with Gasteiger partial charge in [-0.1, -0.05) is 0 Å². The standard InChI is InChI=1S/C13H17N5O2/c1-8-4-2-3-5-17(8)10-7-18-11(15-13(14)16-18)6-9(10)12(19)20/h6-8H,2-5H2,1H3,(H2,14,16)(H,19,20). The maximum atomic E-state index is 11.5. The van der Waals surface area contributed by atoms with Gasteiger partial charge in [0.15, 0.2) is 5.65 Å². The summed E-state index contributed by atoms with van der Waals surface area (Å²) in [6.07, 6.45) is 5.03. The number of rotatable bonds is 2. The normalized spacial score (nSPS) is 19.4. The molecule has 7 heteroatoms. The van der Waals surface area contributed by atoms with E-state index < -0.39 is 5.97 Å². The minimum atomic E-state index is -0.957. The topological polar surface area (TPSA) is 96.8 Å². The predicted molar refractivity (Wildman–Crippen MR) is 75.0 cm³/mol. The van der Waals surface area contributed by atoms with E-state index in [0.717, 1.165) is 19.4 Å². The van der Waals surface area contributed by atoms with E-state index in [-0.39, 0.29) is 11.5 Å². The van der Waals surface area contributed by atoms with Crippen molar-refractivity contribution in [3.05, 3.63) is 17.8 Å². The van der Waals surface area contributed by atoms with Gasteiger partial charge >= 0.3 is 5.97 Å². The van der Waals surface area contributed by atoms with Crippen LogP contribution in [0, 0.1) is 0 Å². The second-order valence-corrected chi connectivity index (χ2v) is 5.19. The summed E-state index contributed by atoms with van der Waals surface area (Å²) < 4.78 is 1.54. The Hall–Kier alpha value is -2.31. The number of hydrogen-bond donors (Lipinski definition) is 2. The van der Waals surface area contributed by atoms with E-state index in [1.54, 1.807) is 10.7 Å². The average Bonchev–Trinajstić information content (AvgIpc) is 2.77. The summed E-state index contributed by atoms with van der Waals surface area (Å²) in [4.78, 5) is 17.6. The third-order valence-corrected chi connectivity index (χ3v) is 3.81.